The third-order valence-electron chi connectivity index (χ3n) is 4.90. The van der Waals surface area contributed by atoms with Crippen LogP contribution in [0.15, 0.2) is 35.4 Å². The van der Waals surface area contributed by atoms with Crippen molar-refractivity contribution in [1.82, 2.24) is 14.2 Å². The van der Waals surface area contributed by atoms with Crippen LogP contribution in [0.5, 0.6) is 5.88 Å². The lowest BCUT2D eigenvalue weighted by atomic mass is 10.2. The van der Waals surface area contributed by atoms with Crippen LogP contribution in [-0.4, -0.2) is 67.5 Å². The number of amides is 1. The maximum atomic E-state index is 13.0. The normalized spacial score (nSPS) is 15.6. The Morgan fingerprint density at radius 2 is 1.81 bits per heavy atom. The SMILES string of the molecule is Cc1ccc(S(=O)(=O)N2CCN(C(=O)c3cnc(OCC(F)(F)F)c(Cl)c3)CC2)c(C)c1. The zero-order chi connectivity index (χ0) is 23.7. The molecule has 0 unspecified atom stereocenters. The predicted octanol–water partition coefficient (Wildman–Crippen LogP) is 3.44. The number of piperazine rings is 1. The van der Waals surface area contributed by atoms with Crippen molar-refractivity contribution in [2.24, 2.45) is 0 Å². The fourth-order valence-electron chi connectivity index (χ4n) is 3.34. The minimum atomic E-state index is -4.55. The third-order valence-corrected chi connectivity index (χ3v) is 7.23. The Morgan fingerprint density at radius 1 is 1.16 bits per heavy atom. The smallest absolute Gasteiger partial charge is 0.422 e. The Morgan fingerprint density at radius 3 is 2.38 bits per heavy atom. The maximum Gasteiger partial charge on any atom is 0.422 e. The average Bonchev–Trinajstić information content (AvgIpc) is 2.71. The molecule has 1 saturated heterocycles. The van der Waals surface area contributed by atoms with E-state index < -0.39 is 34.6 Å². The van der Waals surface area contributed by atoms with Crippen LogP contribution in [0.1, 0.15) is 21.5 Å². The number of hydrogen-bond donors (Lipinski definition) is 0. The summed E-state index contributed by atoms with van der Waals surface area (Å²) in [5.74, 6) is -0.879. The van der Waals surface area contributed by atoms with Crippen molar-refractivity contribution in [3.63, 3.8) is 0 Å². The van der Waals surface area contributed by atoms with Crippen LogP contribution in [0.2, 0.25) is 5.02 Å². The van der Waals surface area contributed by atoms with E-state index in [1.807, 2.05) is 6.92 Å². The van der Waals surface area contributed by atoms with Crippen LogP contribution < -0.4 is 4.74 Å². The second kappa shape index (κ2) is 9.24. The van der Waals surface area contributed by atoms with Crippen molar-refractivity contribution in [1.29, 1.82) is 0 Å². The molecule has 1 amide bonds. The van der Waals surface area contributed by atoms with Crippen LogP contribution in [0.4, 0.5) is 13.2 Å². The third kappa shape index (κ3) is 5.51. The lowest BCUT2D eigenvalue weighted by molar-refractivity contribution is -0.154. The lowest BCUT2D eigenvalue weighted by Gasteiger charge is -2.34. The number of pyridine rings is 1. The molecule has 32 heavy (non-hydrogen) atoms. The summed E-state index contributed by atoms with van der Waals surface area (Å²) in [5.41, 5.74) is 1.68. The summed E-state index contributed by atoms with van der Waals surface area (Å²) in [6.07, 6.45) is -3.46. The van der Waals surface area contributed by atoms with Gasteiger partial charge in [0.15, 0.2) is 6.61 Å². The van der Waals surface area contributed by atoms with Crippen LogP contribution >= 0.6 is 11.6 Å². The van der Waals surface area contributed by atoms with E-state index in [1.165, 1.54) is 15.3 Å². The number of halogens is 4. The number of rotatable bonds is 5. The molecule has 174 valence electrons. The van der Waals surface area contributed by atoms with Crippen molar-refractivity contribution in [3.8, 4) is 5.88 Å². The van der Waals surface area contributed by atoms with E-state index in [0.29, 0.717) is 5.56 Å². The van der Waals surface area contributed by atoms with Gasteiger partial charge in [-0.1, -0.05) is 29.3 Å². The first kappa shape index (κ1) is 24.3. The number of hydrogen-bond acceptors (Lipinski definition) is 5. The summed E-state index contributed by atoms with van der Waals surface area (Å²) in [4.78, 5) is 18.1. The average molecular weight is 492 g/mol. The van der Waals surface area contributed by atoms with Gasteiger partial charge in [0.1, 0.15) is 5.02 Å². The minimum Gasteiger partial charge on any atom is -0.467 e. The molecule has 7 nitrogen and oxygen atoms in total. The highest BCUT2D eigenvalue weighted by Crippen LogP contribution is 2.26. The number of sulfonamides is 1. The lowest BCUT2D eigenvalue weighted by Crippen LogP contribution is -2.50. The van der Waals surface area contributed by atoms with E-state index in [2.05, 4.69) is 9.72 Å². The fraction of sp³-hybridized carbons (Fsp3) is 0.400. The molecule has 1 aliphatic rings. The fourth-order valence-corrected chi connectivity index (χ4v) is 5.19. The molecule has 0 N–H and O–H groups in total. The first-order chi connectivity index (χ1) is 14.9. The molecule has 1 fully saturated rings. The number of aromatic nitrogens is 1. The molecule has 1 aliphatic heterocycles. The molecule has 0 atom stereocenters. The summed E-state index contributed by atoms with van der Waals surface area (Å²) >= 11 is 5.90. The van der Waals surface area contributed by atoms with Crippen LogP contribution in [0.25, 0.3) is 0 Å². The molecule has 2 aromatic rings. The molecular weight excluding hydrogens is 471 g/mol. The van der Waals surface area contributed by atoms with Gasteiger partial charge in [0.05, 0.1) is 10.5 Å². The Labute approximate surface area is 188 Å². The van der Waals surface area contributed by atoms with Crippen molar-refractivity contribution in [3.05, 3.63) is 52.2 Å². The van der Waals surface area contributed by atoms with E-state index in [0.717, 1.165) is 11.8 Å². The Hall–Kier alpha value is -2.37. The van der Waals surface area contributed by atoms with Crippen LogP contribution in [0.3, 0.4) is 0 Å². The molecule has 0 saturated carbocycles. The minimum absolute atomic E-state index is 0.0695. The van der Waals surface area contributed by atoms with Gasteiger partial charge in [-0.15, -0.1) is 0 Å². The monoisotopic (exact) mass is 491 g/mol. The predicted molar refractivity (Wildman–Crippen MR) is 111 cm³/mol. The number of alkyl halides is 3. The first-order valence-electron chi connectivity index (χ1n) is 9.60. The number of carbonyl (C=O) groups excluding carboxylic acids is 1. The highest BCUT2D eigenvalue weighted by Gasteiger charge is 2.32. The topological polar surface area (TPSA) is 79.8 Å². The largest absolute Gasteiger partial charge is 0.467 e. The Balaban J connectivity index is 1.66. The Bertz CT molecular complexity index is 1120. The van der Waals surface area contributed by atoms with Crippen molar-refractivity contribution in [2.75, 3.05) is 32.8 Å². The number of nitrogens with zero attached hydrogens (tertiary/aromatic N) is 3. The van der Waals surface area contributed by atoms with E-state index >= 15 is 0 Å². The number of ether oxygens (including phenoxy) is 1. The van der Waals surface area contributed by atoms with Gasteiger partial charge in [0, 0.05) is 32.4 Å². The number of carbonyl (C=O) groups is 1. The highest BCUT2D eigenvalue weighted by atomic mass is 35.5. The maximum absolute atomic E-state index is 13.0. The number of aryl methyl sites for hydroxylation is 2. The van der Waals surface area contributed by atoms with Crippen molar-refractivity contribution in [2.45, 2.75) is 24.9 Å². The standard InChI is InChI=1S/C20H21ClF3N3O4S/c1-13-3-4-17(14(2)9-13)32(29,30)27-7-5-26(6-8-27)19(28)15-10-16(21)18(25-11-15)31-12-20(22,23)24/h3-4,9-11H,5-8,12H2,1-2H3. The quantitative estimate of drug-likeness (QED) is 0.640. The molecule has 0 bridgehead atoms. The van der Waals surface area contributed by atoms with Crippen molar-refractivity contribution >= 4 is 27.5 Å². The zero-order valence-electron chi connectivity index (χ0n) is 17.3. The van der Waals surface area contributed by atoms with Gasteiger partial charge in [-0.2, -0.15) is 17.5 Å². The summed E-state index contributed by atoms with van der Waals surface area (Å²) in [5, 5.41) is -0.226. The highest BCUT2D eigenvalue weighted by molar-refractivity contribution is 7.89. The van der Waals surface area contributed by atoms with E-state index in [1.54, 1.807) is 25.1 Å². The first-order valence-corrected chi connectivity index (χ1v) is 11.4. The summed E-state index contributed by atoms with van der Waals surface area (Å²) in [6.45, 7) is 2.57. The Kier molecular flexibility index (Phi) is 7.01. The number of benzene rings is 1. The molecule has 3 rings (SSSR count). The zero-order valence-corrected chi connectivity index (χ0v) is 18.9. The van der Waals surface area contributed by atoms with Gasteiger partial charge in [-0.25, -0.2) is 13.4 Å². The summed E-state index contributed by atoms with van der Waals surface area (Å²) < 4.78 is 68.7. The van der Waals surface area contributed by atoms with E-state index in [4.69, 9.17) is 11.6 Å². The summed E-state index contributed by atoms with van der Waals surface area (Å²) in [7, 11) is -3.70. The van der Waals surface area contributed by atoms with Crippen LogP contribution in [-0.2, 0) is 10.0 Å². The van der Waals surface area contributed by atoms with E-state index in [9.17, 15) is 26.4 Å². The van der Waals surface area contributed by atoms with Gasteiger partial charge in [-0.3, -0.25) is 4.79 Å². The molecule has 1 aromatic carbocycles. The second-order valence-electron chi connectivity index (χ2n) is 7.38. The van der Waals surface area contributed by atoms with Crippen molar-refractivity contribution < 1.29 is 31.1 Å². The van der Waals surface area contributed by atoms with Gasteiger partial charge >= 0.3 is 6.18 Å². The summed E-state index contributed by atoms with van der Waals surface area (Å²) in [6, 6.07) is 6.29. The van der Waals surface area contributed by atoms with Crippen LogP contribution in [0, 0.1) is 13.8 Å². The van der Waals surface area contributed by atoms with Gasteiger partial charge in [0.2, 0.25) is 15.9 Å². The van der Waals surface area contributed by atoms with E-state index in [-0.39, 0.29) is 41.7 Å². The molecule has 0 aliphatic carbocycles. The molecule has 1 aromatic heterocycles. The molecule has 0 radical (unpaired) electrons. The molecule has 12 heteroatoms. The van der Waals surface area contributed by atoms with Gasteiger partial charge < -0.3 is 9.64 Å². The molecule has 2 heterocycles. The van der Waals surface area contributed by atoms with Gasteiger partial charge in [-0.05, 0) is 31.5 Å². The second-order valence-corrected chi connectivity index (χ2v) is 9.69. The van der Waals surface area contributed by atoms with Gasteiger partial charge in [0.25, 0.3) is 5.91 Å². The molecule has 0 spiro atoms. The molecular formula is C20H21ClF3N3O4S.